The third kappa shape index (κ3) is 3.20. The van der Waals surface area contributed by atoms with Crippen molar-refractivity contribution < 1.29 is 9.18 Å². The molecular formula is C10H11BrFNO. The quantitative estimate of drug-likeness (QED) is 0.896. The molecule has 1 rings (SSSR count). The third-order valence-corrected chi connectivity index (χ3v) is 2.37. The standard InChI is InChI=1S/C10H11BrFNO/c1-13-6-8(14)4-7-2-3-10(12)9(11)5-7/h2-3,5,13H,4,6H2,1H3. The molecule has 0 aliphatic rings. The summed E-state index contributed by atoms with van der Waals surface area (Å²) in [5.41, 5.74) is 0.818. The van der Waals surface area contributed by atoms with E-state index in [1.165, 1.54) is 6.07 Å². The van der Waals surface area contributed by atoms with E-state index in [2.05, 4.69) is 21.2 Å². The molecule has 14 heavy (non-hydrogen) atoms. The minimum absolute atomic E-state index is 0.0889. The van der Waals surface area contributed by atoms with E-state index in [0.29, 0.717) is 17.4 Å². The van der Waals surface area contributed by atoms with Crippen molar-refractivity contribution in [1.29, 1.82) is 0 Å². The topological polar surface area (TPSA) is 29.1 Å². The zero-order chi connectivity index (χ0) is 10.6. The highest BCUT2D eigenvalue weighted by atomic mass is 79.9. The molecule has 4 heteroatoms. The molecule has 0 radical (unpaired) electrons. The molecule has 1 aromatic carbocycles. The number of ketones is 1. The highest BCUT2D eigenvalue weighted by Crippen LogP contribution is 2.17. The Bertz CT molecular complexity index is 341. The lowest BCUT2D eigenvalue weighted by Gasteiger charge is -2.01. The summed E-state index contributed by atoms with van der Waals surface area (Å²) in [6.45, 7) is 0.342. The first-order valence-corrected chi connectivity index (χ1v) is 5.03. The first kappa shape index (κ1) is 11.3. The van der Waals surface area contributed by atoms with Crippen LogP contribution in [-0.2, 0) is 11.2 Å². The Morgan fingerprint density at radius 1 is 1.57 bits per heavy atom. The molecule has 2 nitrogen and oxygen atoms in total. The van der Waals surface area contributed by atoms with Gasteiger partial charge in [-0.1, -0.05) is 6.07 Å². The van der Waals surface area contributed by atoms with Crippen LogP contribution >= 0.6 is 15.9 Å². The van der Waals surface area contributed by atoms with Gasteiger partial charge in [-0.15, -0.1) is 0 Å². The van der Waals surface area contributed by atoms with Gasteiger partial charge in [0, 0.05) is 6.42 Å². The molecular weight excluding hydrogens is 249 g/mol. The predicted octanol–water partition coefficient (Wildman–Crippen LogP) is 1.92. The van der Waals surface area contributed by atoms with Crippen LogP contribution in [0.25, 0.3) is 0 Å². The fourth-order valence-electron chi connectivity index (χ4n) is 1.14. The van der Waals surface area contributed by atoms with Crippen molar-refractivity contribution in [3.63, 3.8) is 0 Å². The molecule has 0 fully saturated rings. The van der Waals surface area contributed by atoms with Crippen molar-refractivity contribution in [2.45, 2.75) is 6.42 Å². The lowest BCUT2D eigenvalue weighted by molar-refractivity contribution is -0.117. The molecule has 0 saturated carbocycles. The van der Waals surface area contributed by atoms with Gasteiger partial charge in [-0.05, 0) is 40.7 Å². The minimum Gasteiger partial charge on any atom is -0.313 e. The highest BCUT2D eigenvalue weighted by Gasteiger charge is 2.04. The number of rotatable bonds is 4. The van der Waals surface area contributed by atoms with Crippen LogP contribution in [0, 0.1) is 5.82 Å². The van der Waals surface area contributed by atoms with Crippen molar-refractivity contribution in [1.82, 2.24) is 5.32 Å². The normalized spacial score (nSPS) is 10.2. The minimum atomic E-state index is -0.310. The summed E-state index contributed by atoms with van der Waals surface area (Å²) >= 11 is 3.07. The van der Waals surface area contributed by atoms with Crippen LogP contribution in [0.4, 0.5) is 4.39 Å². The number of hydrogen-bond acceptors (Lipinski definition) is 2. The van der Waals surface area contributed by atoms with Crippen molar-refractivity contribution in [3.8, 4) is 0 Å². The van der Waals surface area contributed by atoms with Crippen LogP contribution in [-0.4, -0.2) is 19.4 Å². The number of carbonyl (C=O) groups excluding carboxylic acids is 1. The van der Waals surface area contributed by atoms with Crippen molar-refractivity contribution in [3.05, 3.63) is 34.1 Å². The molecule has 0 heterocycles. The molecule has 0 aliphatic carbocycles. The Hall–Kier alpha value is -0.740. The van der Waals surface area contributed by atoms with Gasteiger partial charge >= 0.3 is 0 Å². The summed E-state index contributed by atoms with van der Waals surface area (Å²) in [4.78, 5) is 11.2. The monoisotopic (exact) mass is 259 g/mol. The number of halogens is 2. The SMILES string of the molecule is CNCC(=O)Cc1ccc(F)c(Br)c1. The van der Waals surface area contributed by atoms with Gasteiger partial charge in [0.25, 0.3) is 0 Å². The smallest absolute Gasteiger partial charge is 0.150 e. The van der Waals surface area contributed by atoms with Crippen molar-refractivity contribution in [2.75, 3.05) is 13.6 Å². The van der Waals surface area contributed by atoms with Gasteiger partial charge in [0.05, 0.1) is 11.0 Å². The zero-order valence-corrected chi connectivity index (χ0v) is 9.40. The molecule has 0 aromatic heterocycles. The van der Waals surface area contributed by atoms with Crippen molar-refractivity contribution >= 4 is 21.7 Å². The Kier molecular flexibility index (Phi) is 4.22. The zero-order valence-electron chi connectivity index (χ0n) is 7.81. The second kappa shape index (κ2) is 5.22. The number of likely N-dealkylation sites (N-methyl/N-ethyl adjacent to an activating group) is 1. The maximum absolute atomic E-state index is 12.8. The average molecular weight is 260 g/mol. The van der Waals surface area contributed by atoms with Crippen LogP contribution < -0.4 is 5.32 Å². The largest absolute Gasteiger partial charge is 0.313 e. The summed E-state index contributed by atoms with van der Waals surface area (Å²) in [5.74, 6) is -0.221. The van der Waals surface area contributed by atoms with E-state index in [0.717, 1.165) is 5.56 Å². The molecule has 1 N–H and O–H groups in total. The molecule has 1 aromatic rings. The van der Waals surface area contributed by atoms with Crippen LogP contribution in [0.2, 0.25) is 0 Å². The van der Waals surface area contributed by atoms with Crippen LogP contribution in [0.1, 0.15) is 5.56 Å². The van der Waals surface area contributed by atoms with Gasteiger partial charge in [-0.25, -0.2) is 4.39 Å². The van der Waals surface area contributed by atoms with Crippen LogP contribution in [0.5, 0.6) is 0 Å². The van der Waals surface area contributed by atoms with Crippen molar-refractivity contribution in [2.24, 2.45) is 0 Å². The molecule has 0 bridgehead atoms. The lowest BCUT2D eigenvalue weighted by atomic mass is 10.1. The fourth-order valence-corrected chi connectivity index (χ4v) is 1.56. The van der Waals surface area contributed by atoms with E-state index in [4.69, 9.17) is 0 Å². The van der Waals surface area contributed by atoms with Gasteiger partial charge in [-0.3, -0.25) is 4.79 Å². The number of nitrogens with one attached hydrogen (secondary N) is 1. The van der Waals surface area contributed by atoms with E-state index in [1.54, 1.807) is 19.2 Å². The molecule has 76 valence electrons. The van der Waals surface area contributed by atoms with Gasteiger partial charge in [0.2, 0.25) is 0 Å². The Morgan fingerprint density at radius 2 is 2.29 bits per heavy atom. The summed E-state index contributed by atoms with van der Waals surface area (Å²) < 4.78 is 13.2. The molecule has 0 unspecified atom stereocenters. The highest BCUT2D eigenvalue weighted by molar-refractivity contribution is 9.10. The number of Topliss-reactive ketones (excluding diaryl/α,β-unsaturated/α-hetero) is 1. The van der Waals surface area contributed by atoms with Crippen LogP contribution in [0.3, 0.4) is 0 Å². The molecule has 0 atom stereocenters. The van der Waals surface area contributed by atoms with E-state index < -0.39 is 0 Å². The van der Waals surface area contributed by atoms with Gasteiger partial charge in [0.15, 0.2) is 5.78 Å². The second-order valence-electron chi connectivity index (χ2n) is 2.99. The molecule has 0 amide bonds. The predicted molar refractivity (Wildman–Crippen MR) is 56.7 cm³/mol. The van der Waals surface area contributed by atoms with Gasteiger partial charge in [0.1, 0.15) is 5.82 Å². The van der Waals surface area contributed by atoms with E-state index in [9.17, 15) is 9.18 Å². The number of benzene rings is 1. The maximum atomic E-state index is 12.8. The molecule has 0 spiro atoms. The number of carbonyl (C=O) groups is 1. The maximum Gasteiger partial charge on any atom is 0.150 e. The summed E-state index contributed by atoms with van der Waals surface area (Å²) in [5, 5.41) is 2.78. The van der Waals surface area contributed by atoms with E-state index >= 15 is 0 Å². The molecule has 0 aliphatic heterocycles. The third-order valence-electron chi connectivity index (χ3n) is 1.76. The lowest BCUT2D eigenvalue weighted by Crippen LogP contribution is -2.20. The molecule has 0 saturated heterocycles. The van der Waals surface area contributed by atoms with E-state index in [1.807, 2.05) is 0 Å². The first-order chi connectivity index (χ1) is 6.63. The fraction of sp³-hybridized carbons (Fsp3) is 0.300. The Labute approximate surface area is 90.6 Å². The summed E-state index contributed by atoms with van der Waals surface area (Å²) in [6, 6.07) is 4.60. The second-order valence-corrected chi connectivity index (χ2v) is 3.85. The van der Waals surface area contributed by atoms with Crippen LogP contribution in [0.15, 0.2) is 22.7 Å². The Morgan fingerprint density at radius 3 is 2.86 bits per heavy atom. The Balaban J connectivity index is 2.68. The summed E-state index contributed by atoms with van der Waals surface area (Å²) in [7, 11) is 1.72. The van der Waals surface area contributed by atoms with Gasteiger partial charge in [-0.2, -0.15) is 0 Å². The summed E-state index contributed by atoms with van der Waals surface area (Å²) in [6.07, 6.45) is 0.333. The van der Waals surface area contributed by atoms with E-state index in [-0.39, 0.29) is 11.6 Å². The number of hydrogen-bond donors (Lipinski definition) is 1. The van der Waals surface area contributed by atoms with Gasteiger partial charge < -0.3 is 5.32 Å². The average Bonchev–Trinajstić information content (AvgIpc) is 2.12. The first-order valence-electron chi connectivity index (χ1n) is 4.23.